The molecular formula is C24H26N4O3. The molecule has 31 heavy (non-hydrogen) atoms. The summed E-state index contributed by atoms with van der Waals surface area (Å²) in [6.07, 6.45) is 2.52. The zero-order chi connectivity index (χ0) is 23.0. The number of nitriles is 2. The lowest BCUT2D eigenvalue weighted by molar-refractivity contribution is -0.142. The van der Waals surface area contributed by atoms with E-state index in [4.69, 9.17) is 10.00 Å². The van der Waals surface area contributed by atoms with Gasteiger partial charge in [0.1, 0.15) is 11.6 Å². The number of hydrogen-bond acceptors (Lipinski definition) is 5. The number of carbonyl (C=O) groups is 2. The molecule has 1 heterocycles. The summed E-state index contributed by atoms with van der Waals surface area (Å²) in [6, 6.07) is 12.1. The second-order valence-electron chi connectivity index (χ2n) is 7.65. The molecule has 0 unspecified atom stereocenters. The molecule has 160 valence electrons. The smallest absolute Gasteiger partial charge is 0.349 e. The topological polar surface area (TPSA) is 108 Å². The van der Waals surface area contributed by atoms with E-state index in [1.807, 2.05) is 32.1 Å². The summed E-state index contributed by atoms with van der Waals surface area (Å²) in [5, 5.41) is 20.9. The normalized spacial score (nSPS) is 11.0. The number of esters is 1. The predicted molar refractivity (Wildman–Crippen MR) is 118 cm³/mol. The first-order chi connectivity index (χ1) is 14.7. The number of hydrogen-bond donors (Lipinski definition) is 1. The van der Waals surface area contributed by atoms with Crippen molar-refractivity contribution in [2.24, 2.45) is 5.92 Å². The number of aromatic nitrogens is 1. The Bertz CT molecular complexity index is 1080. The largest absolute Gasteiger partial charge is 0.451 e. The number of nitrogens with zero attached hydrogens (tertiary/aromatic N) is 3. The highest BCUT2D eigenvalue weighted by Crippen LogP contribution is 2.20. The van der Waals surface area contributed by atoms with E-state index in [0.29, 0.717) is 17.2 Å². The fraction of sp³-hybridized carbons (Fsp3) is 0.333. The Hall–Kier alpha value is -3.84. The van der Waals surface area contributed by atoms with Crippen LogP contribution in [0.3, 0.4) is 0 Å². The minimum Gasteiger partial charge on any atom is -0.451 e. The molecule has 0 fully saturated rings. The first-order valence-corrected chi connectivity index (χ1v) is 10.0. The van der Waals surface area contributed by atoms with Gasteiger partial charge >= 0.3 is 5.97 Å². The van der Waals surface area contributed by atoms with Gasteiger partial charge in [0.05, 0.1) is 11.6 Å². The minimum atomic E-state index is -0.865. The first kappa shape index (κ1) is 23.4. The van der Waals surface area contributed by atoms with Gasteiger partial charge in [-0.2, -0.15) is 10.5 Å². The number of nitrogens with one attached hydrogen (secondary N) is 1. The molecule has 1 N–H and O–H groups in total. The fourth-order valence-electron chi connectivity index (χ4n) is 3.07. The summed E-state index contributed by atoms with van der Waals surface area (Å²) in [7, 11) is 0. The highest BCUT2D eigenvalue weighted by atomic mass is 16.5. The van der Waals surface area contributed by atoms with Gasteiger partial charge in [-0.05, 0) is 62.1 Å². The molecule has 2 rings (SSSR count). The molecule has 1 aromatic heterocycles. The molecule has 0 atom stereocenters. The van der Waals surface area contributed by atoms with Gasteiger partial charge in [-0.25, -0.2) is 4.79 Å². The molecule has 0 aliphatic rings. The van der Waals surface area contributed by atoms with E-state index in [1.54, 1.807) is 18.2 Å². The van der Waals surface area contributed by atoms with Gasteiger partial charge in [0.15, 0.2) is 6.61 Å². The molecule has 0 saturated carbocycles. The highest BCUT2D eigenvalue weighted by Gasteiger charge is 2.16. The molecule has 7 nitrogen and oxygen atoms in total. The van der Waals surface area contributed by atoms with Crippen molar-refractivity contribution in [3.8, 4) is 12.1 Å². The maximum Gasteiger partial charge on any atom is 0.349 e. The van der Waals surface area contributed by atoms with Crippen LogP contribution >= 0.6 is 0 Å². The van der Waals surface area contributed by atoms with Crippen molar-refractivity contribution in [1.29, 1.82) is 10.5 Å². The van der Waals surface area contributed by atoms with Gasteiger partial charge in [-0.15, -0.1) is 0 Å². The summed E-state index contributed by atoms with van der Waals surface area (Å²) in [5.74, 6) is -0.860. The summed E-state index contributed by atoms with van der Waals surface area (Å²) >= 11 is 0. The summed E-state index contributed by atoms with van der Waals surface area (Å²) in [5.41, 5.74) is 3.43. The van der Waals surface area contributed by atoms with E-state index in [-0.39, 0.29) is 5.57 Å². The van der Waals surface area contributed by atoms with Gasteiger partial charge in [0, 0.05) is 23.6 Å². The average Bonchev–Trinajstić information content (AvgIpc) is 3.01. The molecule has 1 amide bonds. The number of aryl methyl sites for hydroxylation is 1. The van der Waals surface area contributed by atoms with Crippen LogP contribution in [0.4, 0.5) is 5.69 Å². The van der Waals surface area contributed by atoms with Crippen molar-refractivity contribution >= 4 is 23.6 Å². The molecule has 0 aliphatic carbocycles. The second-order valence-corrected chi connectivity index (χ2v) is 7.65. The number of carbonyl (C=O) groups excluding carboxylic acids is 2. The molecule has 0 saturated heterocycles. The molecule has 0 aliphatic heterocycles. The first-order valence-electron chi connectivity index (χ1n) is 10.0. The number of anilines is 1. The molecule has 0 bridgehead atoms. The van der Waals surface area contributed by atoms with E-state index in [9.17, 15) is 14.9 Å². The van der Waals surface area contributed by atoms with Crippen molar-refractivity contribution in [3.05, 3.63) is 58.4 Å². The molecule has 0 radical (unpaired) electrons. The van der Waals surface area contributed by atoms with Gasteiger partial charge in [-0.1, -0.05) is 19.9 Å². The van der Waals surface area contributed by atoms with E-state index >= 15 is 0 Å². The quantitative estimate of drug-likeness (QED) is 0.394. The number of ether oxygens (including phenoxy) is 1. The fourth-order valence-corrected chi connectivity index (χ4v) is 3.07. The van der Waals surface area contributed by atoms with Crippen molar-refractivity contribution in [2.75, 3.05) is 11.9 Å². The standard InChI is InChI=1S/C24H26N4O3/c1-16(2)8-9-28-17(3)10-20(18(28)4)12-21(14-26)24(30)31-15-23(29)27-22-7-5-6-19(11-22)13-25/h5-7,10-12,16H,8-9,15H2,1-4H3,(H,27,29)/b21-12+. The zero-order valence-electron chi connectivity index (χ0n) is 18.2. The Labute approximate surface area is 182 Å². The Morgan fingerprint density at radius 1 is 1.23 bits per heavy atom. The van der Waals surface area contributed by atoms with Crippen LogP contribution in [0.5, 0.6) is 0 Å². The Balaban J connectivity index is 2.04. The van der Waals surface area contributed by atoms with Crippen molar-refractivity contribution < 1.29 is 14.3 Å². The van der Waals surface area contributed by atoms with E-state index in [0.717, 1.165) is 29.9 Å². The van der Waals surface area contributed by atoms with Crippen LogP contribution in [-0.4, -0.2) is 23.1 Å². The van der Waals surface area contributed by atoms with Crippen molar-refractivity contribution in [3.63, 3.8) is 0 Å². The van der Waals surface area contributed by atoms with Gasteiger partial charge < -0.3 is 14.6 Å². The zero-order valence-corrected chi connectivity index (χ0v) is 18.2. The van der Waals surface area contributed by atoms with Crippen molar-refractivity contribution in [1.82, 2.24) is 4.57 Å². The van der Waals surface area contributed by atoms with Gasteiger partial charge in [-0.3, -0.25) is 4.79 Å². The number of rotatable bonds is 8. The van der Waals surface area contributed by atoms with Crippen LogP contribution in [0, 0.1) is 42.4 Å². The summed E-state index contributed by atoms with van der Waals surface area (Å²) in [4.78, 5) is 24.3. The Morgan fingerprint density at radius 2 is 1.97 bits per heavy atom. The van der Waals surface area contributed by atoms with Gasteiger partial charge in [0.25, 0.3) is 5.91 Å². The lowest BCUT2D eigenvalue weighted by Gasteiger charge is -2.11. The SMILES string of the molecule is Cc1cc(/C=C(\C#N)C(=O)OCC(=O)Nc2cccc(C#N)c2)c(C)n1CCC(C)C. The lowest BCUT2D eigenvalue weighted by Crippen LogP contribution is -2.21. The molecule has 1 aromatic carbocycles. The van der Waals surface area contributed by atoms with Crippen LogP contribution in [-0.2, 0) is 20.9 Å². The monoisotopic (exact) mass is 418 g/mol. The Morgan fingerprint density at radius 3 is 2.61 bits per heavy atom. The molecule has 2 aromatic rings. The molecule has 0 spiro atoms. The van der Waals surface area contributed by atoms with Crippen LogP contribution in [0.25, 0.3) is 6.08 Å². The minimum absolute atomic E-state index is 0.177. The number of benzene rings is 1. The predicted octanol–water partition coefficient (Wildman–Crippen LogP) is 4.11. The number of amides is 1. The van der Waals surface area contributed by atoms with Crippen LogP contribution in [0.1, 0.15) is 42.8 Å². The average molecular weight is 418 g/mol. The van der Waals surface area contributed by atoms with Crippen LogP contribution in [0.2, 0.25) is 0 Å². The van der Waals surface area contributed by atoms with Crippen molar-refractivity contribution in [2.45, 2.75) is 40.7 Å². The highest BCUT2D eigenvalue weighted by molar-refractivity contribution is 6.00. The van der Waals surface area contributed by atoms with Crippen LogP contribution in [0.15, 0.2) is 35.9 Å². The summed E-state index contributed by atoms with van der Waals surface area (Å²) < 4.78 is 7.16. The van der Waals surface area contributed by atoms with E-state index in [2.05, 4.69) is 23.7 Å². The van der Waals surface area contributed by atoms with E-state index < -0.39 is 18.5 Å². The summed E-state index contributed by atoms with van der Waals surface area (Å²) in [6.45, 7) is 8.58. The molecule has 7 heteroatoms. The third-order valence-electron chi connectivity index (χ3n) is 4.79. The lowest BCUT2D eigenvalue weighted by atomic mass is 10.1. The molecular weight excluding hydrogens is 392 g/mol. The third kappa shape index (κ3) is 6.58. The third-order valence-corrected chi connectivity index (χ3v) is 4.79. The second kappa shape index (κ2) is 10.8. The Kier molecular flexibility index (Phi) is 8.16. The van der Waals surface area contributed by atoms with Crippen LogP contribution < -0.4 is 5.32 Å². The maximum atomic E-state index is 12.3. The van der Waals surface area contributed by atoms with Gasteiger partial charge in [0.2, 0.25) is 0 Å². The van der Waals surface area contributed by atoms with E-state index in [1.165, 1.54) is 12.1 Å². The maximum absolute atomic E-state index is 12.3.